The van der Waals surface area contributed by atoms with Crippen molar-refractivity contribution in [2.75, 3.05) is 32.6 Å². The Morgan fingerprint density at radius 3 is 2.79 bits per heavy atom. The molecule has 0 unspecified atom stereocenters. The molecule has 2 aromatic heterocycles. The Morgan fingerprint density at radius 2 is 2.07 bits per heavy atom. The van der Waals surface area contributed by atoms with E-state index in [1.807, 2.05) is 60.1 Å². The van der Waals surface area contributed by atoms with Gasteiger partial charge in [-0.2, -0.15) is 0 Å². The van der Waals surface area contributed by atoms with Gasteiger partial charge in [0.05, 0.1) is 19.4 Å². The Bertz CT molecular complexity index is 893. The summed E-state index contributed by atoms with van der Waals surface area (Å²) < 4.78 is 13.0. The molecule has 7 nitrogen and oxygen atoms in total. The van der Waals surface area contributed by atoms with E-state index in [1.54, 1.807) is 14.2 Å². The summed E-state index contributed by atoms with van der Waals surface area (Å²) in [5.74, 6) is 2.09. The van der Waals surface area contributed by atoms with Crippen LogP contribution in [0.5, 0.6) is 11.5 Å². The van der Waals surface area contributed by atoms with E-state index in [0.29, 0.717) is 18.3 Å². The molecule has 0 aliphatic carbocycles. The molecule has 2 heterocycles. The minimum absolute atomic E-state index is 0. The zero-order chi connectivity index (χ0) is 19.1. The largest absolute Gasteiger partial charge is 0.493 e. The van der Waals surface area contributed by atoms with Crippen LogP contribution in [0.15, 0.2) is 53.8 Å². The number of rotatable bonds is 7. The first-order valence-electron chi connectivity index (χ1n) is 8.94. The fourth-order valence-corrected chi connectivity index (χ4v) is 2.75. The zero-order valence-corrected chi connectivity index (χ0v) is 18.6. The number of anilines is 1. The highest BCUT2D eigenvalue weighted by Gasteiger charge is 2.07. The highest BCUT2D eigenvalue weighted by atomic mass is 127. The molecule has 0 aliphatic heterocycles. The highest BCUT2D eigenvalue weighted by Crippen LogP contribution is 2.30. The Balaban J connectivity index is 0.00000280. The van der Waals surface area contributed by atoms with Crippen LogP contribution in [-0.4, -0.2) is 42.7 Å². The minimum Gasteiger partial charge on any atom is -0.493 e. The van der Waals surface area contributed by atoms with Crippen LogP contribution in [0.2, 0.25) is 0 Å². The monoisotopic (exact) mass is 495 g/mol. The molecule has 0 bridgehead atoms. The number of fused-ring (bicyclic) bond motifs is 1. The summed E-state index contributed by atoms with van der Waals surface area (Å²) in [5.41, 5.74) is 2.86. The number of aromatic nitrogens is 2. The molecular formula is C20H26IN5O2. The average Bonchev–Trinajstić information content (AvgIpc) is 3.11. The van der Waals surface area contributed by atoms with Gasteiger partial charge in [-0.25, -0.2) is 4.98 Å². The van der Waals surface area contributed by atoms with Crippen LogP contribution in [0.4, 0.5) is 5.69 Å². The molecule has 0 saturated carbocycles. The van der Waals surface area contributed by atoms with Crippen LogP contribution in [0.25, 0.3) is 5.65 Å². The first kappa shape index (κ1) is 21.8. The summed E-state index contributed by atoms with van der Waals surface area (Å²) >= 11 is 0. The van der Waals surface area contributed by atoms with Gasteiger partial charge < -0.3 is 24.5 Å². The second-order valence-electron chi connectivity index (χ2n) is 5.87. The van der Waals surface area contributed by atoms with E-state index in [4.69, 9.17) is 9.47 Å². The quantitative estimate of drug-likeness (QED) is 0.298. The van der Waals surface area contributed by atoms with Crippen molar-refractivity contribution >= 4 is 41.3 Å². The van der Waals surface area contributed by atoms with Gasteiger partial charge in [0.2, 0.25) is 0 Å². The van der Waals surface area contributed by atoms with Crippen LogP contribution in [0.3, 0.4) is 0 Å². The minimum atomic E-state index is 0. The molecule has 0 saturated heterocycles. The summed E-state index contributed by atoms with van der Waals surface area (Å²) in [6, 6.07) is 11.7. The van der Waals surface area contributed by atoms with Crippen molar-refractivity contribution in [3.8, 4) is 11.5 Å². The molecule has 1 aromatic carbocycles. The highest BCUT2D eigenvalue weighted by molar-refractivity contribution is 14.0. The third kappa shape index (κ3) is 5.51. The van der Waals surface area contributed by atoms with Crippen molar-refractivity contribution in [2.45, 2.75) is 13.3 Å². The number of methoxy groups -OCH3 is 1. The number of ether oxygens (including phenoxy) is 2. The molecule has 0 spiro atoms. The van der Waals surface area contributed by atoms with E-state index in [-0.39, 0.29) is 24.0 Å². The second-order valence-corrected chi connectivity index (χ2v) is 5.87. The van der Waals surface area contributed by atoms with E-state index in [1.165, 1.54) is 0 Å². The van der Waals surface area contributed by atoms with Gasteiger partial charge in [0.25, 0.3) is 0 Å². The summed E-state index contributed by atoms with van der Waals surface area (Å²) in [4.78, 5) is 8.87. The van der Waals surface area contributed by atoms with Crippen LogP contribution < -0.4 is 20.1 Å². The zero-order valence-electron chi connectivity index (χ0n) is 16.3. The molecular weight excluding hydrogens is 469 g/mol. The Labute approximate surface area is 182 Å². The molecule has 0 amide bonds. The predicted octanol–water partition coefficient (Wildman–Crippen LogP) is 3.59. The number of halogens is 1. The molecule has 3 aromatic rings. The number of hydrogen-bond acceptors (Lipinski definition) is 4. The summed E-state index contributed by atoms with van der Waals surface area (Å²) in [6.45, 7) is 3.26. The molecule has 150 valence electrons. The van der Waals surface area contributed by atoms with Crippen molar-refractivity contribution in [3.05, 3.63) is 54.5 Å². The van der Waals surface area contributed by atoms with Gasteiger partial charge in [-0.3, -0.25) is 4.99 Å². The van der Waals surface area contributed by atoms with Crippen molar-refractivity contribution in [1.29, 1.82) is 0 Å². The van der Waals surface area contributed by atoms with Gasteiger partial charge in [-0.15, -0.1) is 24.0 Å². The van der Waals surface area contributed by atoms with Gasteiger partial charge in [0, 0.05) is 44.2 Å². The van der Waals surface area contributed by atoms with Gasteiger partial charge in [0.15, 0.2) is 17.5 Å². The Hall–Kier alpha value is -2.49. The van der Waals surface area contributed by atoms with Crippen molar-refractivity contribution in [1.82, 2.24) is 14.7 Å². The molecule has 8 heteroatoms. The maximum Gasteiger partial charge on any atom is 0.195 e. The number of aliphatic imine (C=N–C) groups is 1. The topological polar surface area (TPSA) is 72.2 Å². The van der Waals surface area contributed by atoms with E-state index in [2.05, 4.69) is 20.6 Å². The molecule has 0 fully saturated rings. The lowest BCUT2D eigenvalue weighted by Crippen LogP contribution is -2.32. The smallest absolute Gasteiger partial charge is 0.195 e. The maximum absolute atomic E-state index is 5.55. The predicted molar refractivity (Wildman–Crippen MR) is 123 cm³/mol. The molecule has 3 rings (SSSR count). The number of imidazole rings is 1. The van der Waals surface area contributed by atoms with Gasteiger partial charge >= 0.3 is 0 Å². The number of nitrogens with zero attached hydrogens (tertiary/aromatic N) is 3. The Morgan fingerprint density at radius 1 is 1.21 bits per heavy atom. The molecule has 0 radical (unpaired) electrons. The SMILES string of the molecule is CCOc1ccc(NC(=NC)NCCc2cn3ccccc3n2)cc1OC.I. The van der Waals surface area contributed by atoms with Crippen molar-refractivity contribution in [2.24, 2.45) is 4.99 Å². The number of benzene rings is 1. The fraction of sp³-hybridized carbons (Fsp3) is 0.300. The first-order valence-corrected chi connectivity index (χ1v) is 8.94. The van der Waals surface area contributed by atoms with Crippen LogP contribution in [-0.2, 0) is 6.42 Å². The van der Waals surface area contributed by atoms with E-state index in [0.717, 1.165) is 35.7 Å². The maximum atomic E-state index is 5.55. The third-order valence-electron chi connectivity index (χ3n) is 4.04. The number of hydrogen-bond donors (Lipinski definition) is 2. The number of guanidine groups is 1. The van der Waals surface area contributed by atoms with Gasteiger partial charge in [-0.1, -0.05) is 6.07 Å². The number of pyridine rings is 1. The van der Waals surface area contributed by atoms with Crippen LogP contribution >= 0.6 is 24.0 Å². The normalized spacial score (nSPS) is 11.0. The first-order chi connectivity index (χ1) is 13.2. The van der Waals surface area contributed by atoms with Gasteiger partial charge in [0.1, 0.15) is 5.65 Å². The molecule has 0 atom stereocenters. The van der Waals surface area contributed by atoms with E-state index >= 15 is 0 Å². The van der Waals surface area contributed by atoms with Crippen molar-refractivity contribution < 1.29 is 9.47 Å². The molecule has 0 aliphatic rings. The van der Waals surface area contributed by atoms with Crippen molar-refractivity contribution in [3.63, 3.8) is 0 Å². The third-order valence-corrected chi connectivity index (χ3v) is 4.04. The van der Waals surface area contributed by atoms with E-state index < -0.39 is 0 Å². The lowest BCUT2D eigenvalue weighted by Gasteiger charge is -2.14. The van der Waals surface area contributed by atoms with Crippen LogP contribution in [0.1, 0.15) is 12.6 Å². The second kappa shape index (κ2) is 10.7. The average molecular weight is 495 g/mol. The van der Waals surface area contributed by atoms with Gasteiger partial charge in [-0.05, 0) is 31.2 Å². The fourth-order valence-electron chi connectivity index (χ4n) is 2.75. The summed E-state index contributed by atoms with van der Waals surface area (Å²) in [7, 11) is 3.37. The summed E-state index contributed by atoms with van der Waals surface area (Å²) in [6.07, 6.45) is 4.85. The van der Waals surface area contributed by atoms with Crippen LogP contribution in [0, 0.1) is 0 Å². The lowest BCUT2D eigenvalue weighted by atomic mass is 10.2. The lowest BCUT2D eigenvalue weighted by molar-refractivity contribution is 0.311. The summed E-state index contributed by atoms with van der Waals surface area (Å²) in [5, 5.41) is 6.57. The van der Waals surface area contributed by atoms with E-state index in [9.17, 15) is 0 Å². The number of nitrogens with one attached hydrogen (secondary N) is 2. The Kier molecular flexibility index (Phi) is 8.37. The molecule has 28 heavy (non-hydrogen) atoms. The standard InChI is InChI=1S/C20H25N5O2.HI/c1-4-27-17-9-8-15(13-18(17)26-3)24-20(21-2)22-11-10-16-14-25-12-6-5-7-19(25)23-16;/h5-9,12-14H,4,10-11H2,1-3H3,(H2,21,22,24);1H. The molecule has 2 N–H and O–H groups in total.